The molecule has 0 saturated carbocycles. The first kappa shape index (κ1) is 63.4. The summed E-state index contributed by atoms with van der Waals surface area (Å²) in [6.45, 7) is 43.4. The molecule has 9 heteroatoms. The molecular formula is C79H91F3N2O4. The molecule has 2 N–H and O–H groups in total. The van der Waals surface area contributed by atoms with E-state index in [0.29, 0.717) is 22.5 Å². The van der Waals surface area contributed by atoms with Crippen molar-refractivity contribution in [1.82, 2.24) is 9.13 Å². The summed E-state index contributed by atoms with van der Waals surface area (Å²) < 4.78 is 65.7. The Bertz CT molecular complexity index is 4220. The van der Waals surface area contributed by atoms with Crippen molar-refractivity contribution in [3.63, 3.8) is 0 Å². The van der Waals surface area contributed by atoms with Gasteiger partial charge in [-0.15, -0.1) is 0 Å². The Morgan fingerprint density at radius 1 is 0.375 bits per heavy atom. The van der Waals surface area contributed by atoms with E-state index in [1.165, 1.54) is 46.5 Å². The molecule has 8 aromatic carbocycles. The van der Waals surface area contributed by atoms with Gasteiger partial charge < -0.3 is 28.8 Å². The number of benzene rings is 8. The number of ether oxygens (including phenoxy) is 2. The van der Waals surface area contributed by atoms with Gasteiger partial charge in [-0.3, -0.25) is 0 Å². The van der Waals surface area contributed by atoms with E-state index in [0.717, 1.165) is 73.6 Å². The summed E-state index contributed by atoms with van der Waals surface area (Å²) in [7, 11) is 0. The maximum absolute atomic E-state index is 16.8. The molecule has 0 radical (unpaired) electrons. The highest BCUT2D eigenvalue weighted by atomic mass is 19.1. The van der Waals surface area contributed by atoms with E-state index in [-0.39, 0.29) is 79.8 Å². The number of aromatic hydroxyl groups is 2. The number of hydrogen-bond acceptors (Lipinski definition) is 4. The number of aromatic nitrogens is 2. The Hall–Kier alpha value is -7.65. The van der Waals surface area contributed by atoms with Crippen molar-refractivity contribution in [2.75, 3.05) is 13.2 Å². The SMILES string of the molecule is CCC(C)(C)c1cc(-c2cc(F)ccc2OCCOc2c(F)cc(F)cc2-c2cc(C(C)(C)CC(C)(C)C)cc(-n3c4ccc(C(C)(C)C)cc4c4cc(C(C)(C)C)ccc43)c2O)c(O)c(-n2c3ccc(C(C)(C)C)cc3c3cc(C(C)(C)C)ccc32)c1. The predicted molar refractivity (Wildman–Crippen MR) is 362 cm³/mol. The quantitative estimate of drug-likeness (QED) is 0.113. The van der Waals surface area contributed by atoms with Gasteiger partial charge in [0.1, 0.15) is 42.1 Å². The lowest BCUT2D eigenvalue weighted by Gasteiger charge is -2.34. The highest BCUT2D eigenvalue weighted by Gasteiger charge is 2.33. The molecule has 0 saturated heterocycles. The van der Waals surface area contributed by atoms with E-state index in [1.54, 1.807) is 0 Å². The number of phenols is 2. The molecule has 0 bridgehead atoms. The van der Waals surface area contributed by atoms with Crippen LogP contribution in [0.15, 0.2) is 127 Å². The second-order valence-electron chi connectivity index (χ2n) is 31.3. The third-order valence-corrected chi connectivity index (χ3v) is 18.2. The average Bonchev–Trinajstić information content (AvgIpc) is 1.55. The molecule has 0 aliphatic rings. The van der Waals surface area contributed by atoms with Gasteiger partial charge in [-0.25, -0.2) is 13.2 Å². The summed E-state index contributed by atoms with van der Waals surface area (Å²) in [5.41, 5.74) is 10.5. The van der Waals surface area contributed by atoms with Crippen molar-refractivity contribution in [2.45, 2.75) is 184 Å². The Morgan fingerprint density at radius 3 is 1.14 bits per heavy atom. The highest BCUT2D eigenvalue weighted by Crippen LogP contribution is 2.50. The van der Waals surface area contributed by atoms with Crippen LogP contribution in [-0.4, -0.2) is 32.6 Å². The van der Waals surface area contributed by atoms with Gasteiger partial charge in [0.2, 0.25) is 0 Å². The molecule has 0 aliphatic heterocycles. The molecule has 0 aliphatic carbocycles. The number of halogens is 3. The Labute approximate surface area is 520 Å². The third-order valence-electron chi connectivity index (χ3n) is 18.2. The van der Waals surface area contributed by atoms with Gasteiger partial charge in [-0.2, -0.15) is 0 Å². The zero-order chi connectivity index (χ0) is 64.3. The van der Waals surface area contributed by atoms with E-state index in [2.05, 4.69) is 226 Å². The van der Waals surface area contributed by atoms with Crippen molar-refractivity contribution in [3.05, 3.63) is 178 Å². The molecule has 10 rings (SSSR count). The van der Waals surface area contributed by atoms with Crippen LogP contribution < -0.4 is 9.47 Å². The maximum atomic E-state index is 16.8. The molecular weight excluding hydrogens is 1100 g/mol. The fourth-order valence-corrected chi connectivity index (χ4v) is 12.9. The topological polar surface area (TPSA) is 68.8 Å². The summed E-state index contributed by atoms with van der Waals surface area (Å²) in [4.78, 5) is 0. The molecule has 462 valence electrons. The van der Waals surface area contributed by atoms with Crippen LogP contribution in [-0.2, 0) is 32.5 Å². The zero-order valence-electron chi connectivity index (χ0n) is 55.7. The first-order valence-corrected chi connectivity index (χ1v) is 31.3. The minimum absolute atomic E-state index is 0.0278. The standard InChI is InChI=1S/C79H91F3N2O4/c1-21-78(17,18)50-38-59(70(85)67(40-50)83-63-27-22-46(74(5,6)7)34-54(63)55-35-47(75(8,9)10)23-28-64(55)83)58-42-52(80)26-31-69(58)87-32-33-88-72-61(43-53(81)44-62(72)82)60-39-51(79(19,20)45-73(2,3)4)41-68(71(60)86)84-65-29-24-48(76(11,12)13)36-56(65)57-37-49(77(14,15)16)25-30-66(57)84/h22-31,34-44,85-86H,21,32-33,45H2,1-20H3. The van der Waals surface area contributed by atoms with Crippen LogP contribution in [0.1, 0.15) is 185 Å². The van der Waals surface area contributed by atoms with Crippen molar-refractivity contribution in [2.24, 2.45) is 5.41 Å². The molecule has 0 atom stereocenters. The van der Waals surface area contributed by atoms with Crippen LogP contribution in [0.2, 0.25) is 0 Å². The van der Waals surface area contributed by atoms with E-state index < -0.39 is 22.9 Å². The van der Waals surface area contributed by atoms with Gasteiger partial charge >= 0.3 is 0 Å². The van der Waals surface area contributed by atoms with Gasteiger partial charge in [0.05, 0.1) is 33.4 Å². The number of nitrogens with zero attached hydrogens (tertiary/aromatic N) is 2. The third kappa shape index (κ3) is 12.0. The molecule has 2 aromatic heterocycles. The van der Waals surface area contributed by atoms with Crippen LogP contribution >= 0.6 is 0 Å². The molecule has 0 fully saturated rings. The summed E-state index contributed by atoms with van der Waals surface area (Å²) in [5, 5.41) is 30.0. The fourth-order valence-electron chi connectivity index (χ4n) is 12.9. The van der Waals surface area contributed by atoms with Crippen molar-refractivity contribution in [3.8, 4) is 56.6 Å². The van der Waals surface area contributed by atoms with Crippen LogP contribution in [0.3, 0.4) is 0 Å². The van der Waals surface area contributed by atoms with Crippen LogP contribution in [0.5, 0.6) is 23.0 Å². The number of rotatable bonds is 13. The second-order valence-corrected chi connectivity index (χ2v) is 31.3. The molecule has 88 heavy (non-hydrogen) atoms. The lowest BCUT2D eigenvalue weighted by Crippen LogP contribution is -2.25. The largest absolute Gasteiger partial charge is 0.505 e. The molecule has 2 heterocycles. The Morgan fingerprint density at radius 2 is 0.750 bits per heavy atom. The van der Waals surface area contributed by atoms with Crippen molar-refractivity contribution in [1.29, 1.82) is 0 Å². The summed E-state index contributed by atoms with van der Waals surface area (Å²) in [6, 6.07) is 40.2. The van der Waals surface area contributed by atoms with E-state index in [1.807, 2.05) is 18.2 Å². The molecule has 0 amide bonds. The van der Waals surface area contributed by atoms with Gasteiger partial charge in [-0.1, -0.05) is 163 Å². The molecule has 10 aromatic rings. The normalized spacial score (nSPS) is 13.2. The fraction of sp³-hybridized carbons (Fsp3) is 0.392. The minimum Gasteiger partial charge on any atom is -0.505 e. The molecule has 0 spiro atoms. The van der Waals surface area contributed by atoms with Crippen molar-refractivity contribution < 1.29 is 32.9 Å². The van der Waals surface area contributed by atoms with Gasteiger partial charge in [0.15, 0.2) is 11.6 Å². The lowest BCUT2D eigenvalue weighted by molar-refractivity contribution is 0.212. The Kier molecular flexibility index (Phi) is 15.9. The van der Waals surface area contributed by atoms with Crippen LogP contribution in [0, 0.1) is 22.9 Å². The average molecular weight is 1190 g/mol. The van der Waals surface area contributed by atoms with Crippen LogP contribution in [0.25, 0.3) is 77.2 Å². The van der Waals surface area contributed by atoms with E-state index in [9.17, 15) is 10.2 Å². The number of phenolic OH excluding ortho intramolecular Hbond substituents is 2. The van der Waals surface area contributed by atoms with E-state index >= 15 is 13.2 Å². The summed E-state index contributed by atoms with van der Waals surface area (Å²) in [6.07, 6.45) is 1.52. The summed E-state index contributed by atoms with van der Waals surface area (Å²) in [5.74, 6) is -2.57. The first-order valence-electron chi connectivity index (χ1n) is 31.3. The van der Waals surface area contributed by atoms with E-state index in [4.69, 9.17) is 9.47 Å². The maximum Gasteiger partial charge on any atom is 0.168 e. The number of hydrogen-bond donors (Lipinski definition) is 2. The van der Waals surface area contributed by atoms with Crippen LogP contribution in [0.4, 0.5) is 13.2 Å². The van der Waals surface area contributed by atoms with Gasteiger partial charge in [-0.05, 0) is 181 Å². The monoisotopic (exact) mass is 1190 g/mol. The molecule has 0 unspecified atom stereocenters. The van der Waals surface area contributed by atoms with Gasteiger partial charge in [0, 0.05) is 49.9 Å². The predicted octanol–water partition coefficient (Wildman–Crippen LogP) is 22.1. The summed E-state index contributed by atoms with van der Waals surface area (Å²) >= 11 is 0. The minimum atomic E-state index is -0.957. The highest BCUT2D eigenvalue weighted by molar-refractivity contribution is 6.11. The van der Waals surface area contributed by atoms with Crippen molar-refractivity contribution >= 4 is 43.6 Å². The van der Waals surface area contributed by atoms with Gasteiger partial charge in [0.25, 0.3) is 0 Å². The first-order chi connectivity index (χ1) is 40.8. The zero-order valence-corrected chi connectivity index (χ0v) is 55.7. The smallest absolute Gasteiger partial charge is 0.168 e. The number of fused-ring (bicyclic) bond motifs is 6. The second kappa shape index (κ2) is 22.1. The lowest BCUT2D eigenvalue weighted by atomic mass is 9.71. The molecule has 6 nitrogen and oxygen atoms in total. The Balaban J connectivity index is 1.08.